The minimum absolute atomic E-state index is 0.645. The highest BCUT2D eigenvalue weighted by Gasteiger charge is 2.21. The SMILES string of the molecule is c1ccc(-c2cc(-c3ccccc3)nc(-c3cccc(-c4nc(-c5ccccc5)c5c(n4)c4ccccc4n5-c4ccccc4)c3)n2)cc1. The van der Waals surface area contributed by atoms with Crippen LogP contribution >= 0.6 is 0 Å². The number of fused-ring (bicyclic) bond motifs is 3. The van der Waals surface area contributed by atoms with Crippen molar-refractivity contribution < 1.29 is 0 Å². The van der Waals surface area contributed by atoms with Crippen LogP contribution in [0, 0.1) is 0 Å². The van der Waals surface area contributed by atoms with Crippen molar-refractivity contribution in [3.05, 3.63) is 176 Å². The molecule has 9 rings (SSSR count). The summed E-state index contributed by atoms with van der Waals surface area (Å²) in [5, 5.41) is 1.07. The largest absolute Gasteiger partial charge is 0.306 e. The molecule has 5 nitrogen and oxygen atoms in total. The van der Waals surface area contributed by atoms with Gasteiger partial charge in [0.15, 0.2) is 11.6 Å². The molecule has 0 aliphatic heterocycles. The van der Waals surface area contributed by atoms with E-state index in [2.05, 4.69) is 126 Å². The van der Waals surface area contributed by atoms with E-state index in [1.807, 2.05) is 54.6 Å². The maximum Gasteiger partial charge on any atom is 0.160 e. The van der Waals surface area contributed by atoms with Gasteiger partial charge >= 0.3 is 0 Å². The molecule has 0 fully saturated rings. The predicted molar refractivity (Wildman–Crippen MR) is 199 cm³/mol. The summed E-state index contributed by atoms with van der Waals surface area (Å²) >= 11 is 0. The molecule has 9 aromatic rings. The quantitative estimate of drug-likeness (QED) is 0.184. The normalized spacial score (nSPS) is 11.3. The van der Waals surface area contributed by atoms with Gasteiger partial charge in [-0.2, -0.15) is 0 Å². The first kappa shape index (κ1) is 28.5. The van der Waals surface area contributed by atoms with E-state index in [0.717, 1.165) is 72.5 Å². The van der Waals surface area contributed by atoms with Gasteiger partial charge in [-0.15, -0.1) is 0 Å². The van der Waals surface area contributed by atoms with Gasteiger partial charge in [0, 0.05) is 38.9 Å². The molecule has 6 aromatic carbocycles. The van der Waals surface area contributed by atoms with Crippen LogP contribution in [0.1, 0.15) is 0 Å². The van der Waals surface area contributed by atoms with Crippen molar-refractivity contribution in [2.75, 3.05) is 0 Å². The van der Waals surface area contributed by atoms with Gasteiger partial charge in [-0.05, 0) is 30.3 Å². The third-order valence-electron chi connectivity index (χ3n) is 8.81. The maximum atomic E-state index is 5.32. The molecule has 0 atom stereocenters. The Morgan fingerprint density at radius 2 is 0.857 bits per heavy atom. The van der Waals surface area contributed by atoms with Gasteiger partial charge < -0.3 is 4.57 Å². The van der Waals surface area contributed by atoms with Crippen LogP contribution in [0.2, 0.25) is 0 Å². The van der Waals surface area contributed by atoms with Crippen LogP contribution in [0.25, 0.3) is 84.2 Å². The second-order valence-electron chi connectivity index (χ2n) is 11.9. The minimum Gasteiger partial charge on any atom is -0.306 e. The molecule has 0 saturated heterocycles. The number of hydrogen-bond donors (Lipinski definition) is 0. The lowest BCUT2D eigenvalue weighted by atomic mass is 10.1. The Balaban J connectivity index is 1.26. The first-order valence-electron chi connectivity index (χ1n) is 16.3. The van der Waals surface area contributed by atoms with Crippen LogP contribution in [-0.2, 0) is 0 Å². The Morgan fingerprint density at radius 1 is 0.367 bits per heavy atom. The number of rotatable bonds is 6. The van der Waals surface area contributed by atoms with Crippen LogP contribution < -0.4 is 0 Å². The fraction of sp³-hybridized carbons (Fsp3) is 0. The zero-order valence-corrected chi connectivity index (χ0v) is 26.5. The highest BCUT2D eigenvalue weighted by molar-refractivity contribution is 6.11. The first-order valence-corrected chi connectivity index (χ1v) is 16.3. The van der Waals surface area contributed by atoms with E-state index in [-0.39, 0.29) is 0 Å². The molecular formula is C44H29N5. The fourth-order valence-corrected chi connectivity index (χ4v) is 6.50. The summed E-state index contributed by atoms with van der Waals surface area (Å²) < 4.78 is 2.28. The third-order valence-corrected chi connectivity index (χ3v) is 8.81. The summed E-state index contributed by atoms with van der Waals surface area (Å²) in [7, 11) is 0. The summed E-state index contributed by atoms with van der Waals surface area (Å²) in [6.45, 7) is 0. The standard InChI is InChI=1S/C44H29N5/c1-5-16-30(17-6-1)37-29-38(31-18-7-2-8-19-31)46-43(45-37)33-22-15-23-34(28-33)44-47-40(32-20-9-3-10-21-32)42-41(48-44)36-26-13-14-27-39(36)49(42)35-24-11-4-12-25-35/h1-29H. The number of hydrogen-bond acceptors (Lipinski definition) is 4. The number of para-hydroxylation sites is 2. The summed E-state index contributed by atoms with van der Waals surface area (Å²) in [6.07, 6.45) is 0. The summed E-state index contributed by atoms with van der Waals surface area (Å²) in [4.78, 5) is 20.8. The van der Waals surface area contributed by atoms with Gasteiger partial charge in [0.2, 0.25) is 0 Å². The van der Waals surface area contributed by atoms with Gasteiger partial charge in [0.1, 0.15) is 5.52 Å². The van der Waals surface area contributed by atoms with Crippen LogP contribution in [0.3, 0.4) is 0 Å². The second kappa shape index (κ2) is 12.1. The Kier molecular flexibility index (Phi) is 7.06. The van der Waals surface area contributed by atoms with Gasteiger partial charge in [-0.25, -0.2) is 19.9 Å². The van der Waals surface area contributed by atoms with Crippen LogP contribution in [-0.4, -0.2) is 24.5 Å². The van der Waals surface area contributed by atoms with E-state index in [9.17, 15) is 0 Å². The van der Waals surface area contributed by atoms with Crippen molar-refractivity contribution in [1.29, 1.82) is 0 Å². The van der Waals surface area contributed by atoms with Crippen molar-refractivity contribution in [2.24, 2.45) is 0 Å². The first-order chi connectivity index (χ1) is 24.3. The lowest BCUT2D eigenvalue weighted by molar-refractivity contribution is 1.15. The Morgan fingerprint density at radius 3 is 1.47 bits per heavy atom. The Labute approximate surface area is 283 Å². The van der Waals surface area contributed by atoms with Gasteiger partial charge in [-0.3, -0.25) is 0 Å². The zero-order chi connectivity index (χ0) is 32.6. The van der Waals surface area contributed by atoms with Gasteiger partial charge in [0.25, 0.3) is 0 Å². The monoisotopic (exact) mass is 627 g/mol. The van der Waals surface area contributed by atoms with E-state index in [4.69, 9.17) is 19.9 Å². The average molecular weight is 628 g/mol. The lowest BCUT2D eigenvalue weighted by Gasteiger charge is -2.13. The third kappa shape index (κ3) is 5.24. The molecule has 0 spiro atoms. The Bertz CT molecular complexity index is 2520. The molecule has 5 heteroatoms. The van der Waals surface area contributed by atoms with Gasteiger partial charge in [-0.1, -0.05) is 146 Å². The smallest absolute Gasteiger partial charge is 0.160 e. The van der Waals surface area contributed by atoms with Crippen LogP contribution in [0.15, 0.2) is 176 Å². The summed E-state index contributed by atoms with van der Waals surface area (Å²) in [6, 6.07) is 60.1. The molecule has 0 bridgehead atoms. The van der Waals surface area contributed by atoms with E-state index in [0.29, 0.717) is 11.6 Å². The topological polar surface area (TPSA) is 56.5 Å². The predicted octanol–water partition coefficient (Wildman–Crippen LogP) is 10.7. The van der Waals surface area contributed by atoms with Crippen molar-refractivity contribution in [2.45, 2.75) is 0 Å². The molecule has 0 aliphatic carbocycles. The summed E-state index contributed by atoms with van der Waals surface area (Å²) in [5.74, 6) is 1.29. The summed E-state index contributed by atoms with van der Waals surface area (Å²) in [5.41, 5.74) is 11.5. The van der Waals surface area contributed by atoms with E-state index in [1.54, 1.807) is 0 Å². The van der Waals surface area contributed by atoms with Crippen molar-refractivity contribution in [3.63, 3.8) is 0 Å². The lowest BCUT2D eigenvalue weighted by Crippen LogP contribution is -2.00. The molecule has 0 aliphatic rings. The molecular weight excluding hydrogens is 599 g/mol. The Hall–Kier alpha value is -6.72. The van der Waals surface area contributed by atoms with Crippen molar-refractivity contribution in [1.82, 2.24) is 24.5 Å². The van der Waals surface area contributed by atoms with Crippen LogP contribution in [0.4, 0.5) is 0 Å². The molecule has 3 aromatic heterocycles. The molecule has 49 heavy (non-hydrogen) atoms. The number of aromatic nitrogens is 5. The minimum atomic E-state index is 0.645. The highest BCUT2D eigenvalue weighted by Crippen LogP contribution is 2.38. The zero-order valence-electron chi connectivity index (χ0n) is 26.5. The van der Waals surface area contributed by atoms with E-state index >= 15 is 0 Å². The van der Waals surface area contributed by atoms with E-state index < -0.39 is 0 Å². The second-order valence-corrected chi connectivity index (χ2v) is 11.9. The van der Waals surface area contributed by atoms with Crippen LogP contribution in [0.5, 0.6) is 0 Å². The highest BCUT2D eigenvalue weighted by atomic mass is 15.0. The number of benzene rings is 6. The molecule has 0 amide bonds. The number of nitrogens with zero attached hydrogens (tertiary/aromatic N) is 5. The molecule has 0 radical (unpaired) electrons. The van der Waals surface area contributed by atoms with Crippen molar-refractivity contribution in [3.8, 4) is 62.2 Å². The maximum absolute atomic E-state index is 5.32. The molecule has 0 unspecified atom stereocenters. The van der Waals surface area contributed by atoms with E-state index in [1.165, 1.54) is 0 Å². The molecule has 0 N–H and O–H groups in total. The van der Waals surface area contributed by atoms with Gasteiger partial charge in [0.05, 0.1) is 28.1 Å². The fourth-order valence-electron chi connectivity index (χ4n) is 6.50. The molecule has 3 heterocycles. The molecule has 0 saturated carbocycles. The average Bonchev–Trinajstić information content (AvgIpc) is 3.53. The van der Waals surface area contributed by atoms with Crippen molar-refractivity contribution >= 4 is 21.9 Å². The molecule has 230 valence electrons.